The van der Waals surface area contributed by atoms with Gasteiger partial charge in [-0.1, -0.05) is 12.1 Å². The van der Waals surface area contributed by atoms with E-state index in [0.29, 0.717) is 12.0 Å². The highest BCUT2D eigenvalue weighted by Crippen LogP contribution is 2.23. The first-order chi connectivity index (χ1) is 9.92. The van der Waals surface area contributed by atoms with Crippen LogP contribution in [0, 0.1) is 11.7 Å². The highest BCUT2D eigenvalue weighted by atomic mass is 19.1. The number of nitrogens with one attached hydrogen (secondary N) is 1. The fourth-order valence-electron chi connectivity index (χ4n) is 2.85. The standard InChI is InChI=1S/C18H28FNO/c1-18(2,3)20-13-15(12-17-5-4-10-21-17)11-14-6-8-16(19)9-7-14/h6-9,15,17,20H,4-5,10-13H2,1-3H3. The molecule has 0 bridgehead atoms. The van der Waals surface area contributed by atoms with Gasteiger partial charge in [-0.25, -0.2) is 4.39 Å². The highest BCUT2D eigenvalue weighted by molar-refractivity contribution is 5.16. The quantitative estimate of drug-likeness (QED) is 0.857. The van der Waals surface area contributed by atoms with Gasteiger partial charge in [0.15, 0.2) is 0 Å². The van der Waals surface area contributed by atoms with E-state index in [9.17, 15) is 4.39 Å². The lowest BCUT2D eigenvalue weighted by molar-refractivity contribution is 0.0882. The maximum absolute atomic E-state index is 13.0. The molecular formula is C18H28FNO. The van der Waals surface area contributed by atoms with Crippen LogP contribution in [0.3, 0.4) is 0 Å². The summed E-state index contributed by atoms with van der Waals surface area (Å²) >= 11 is 0. The van der Waals surface area contributed by atoms with Gasteiger partial charge >= 0.3 is 0 Å². The van der Waals surface area contributed by atoms with E-state index in [1.54, 1.807) is 12.1 Å². The molecule has 1 fully saturated rings. The molecule has 1 aliphatic heterocycles. The fourth-order valence-corrected chi connectivity index (χ4v) is 2.85. The number of benzene rings is 1. The van der Waals surface area contributed by atoms with Crippen molar-refractivity contribution in [2.45, 2.75) is 58.1 Å². The summed E-state index contributed by atoms with van der Waals surface area (Å²) in [6, 6.07) is 6.90. The van der Waals surface area contributed by atoms with Crippen LogP contribution in [0.4, 0.5) is 4.39 Å². The van der Waals surface area contributed by atoms with Crippen molar-refractivity contribution < 1.29 is 9.13 Å². The largest absolute Gasteiger partial charge is 0.378 e. The van der Waals surface area contributed by atoms with Crippen LogP contribution in [0.2, 0.25) is 0 Å². The lowest BCUT2D eigenvalue weighted by atomic mass is 9.92. The van der Waals surface area contributed by atoms with Crippen LogP contribution in [0.25, 0.3) is 0 Å². The van der Waals surface area contributed by atoms with Gasteiger partial charge < -0.3 is 10.1 Å². The second kappa shape index (κ2) is 7.37. The molecule has 0 amide bonds. The number of ether oxygens (including phenoxy) is 1. The zero-order valence-corrected chi connectivity index (χ0v) is 13.5. The zero-order valence-electron chi connectivity index (χ0n) is 13.5. The molecule has 1 N–H and O–H groups in total. The van der Waals surface area contributed by atoms with E-state index >= 15 is 0 Å². The van der Waals surface area contributed by atoms with E-state index in [2.05, 4.69) is 26.1 Å². The van der Waals surface area contributed by atoms with Crippen molar-refractivity contribution >= 4 is 0 Å². The summed E-state index contributed by atoms with van der Waals surface area (Å²) in [4.78, 5) is 0. The molecule has 1 saturated heterocycles. The Bertz CT molecular complexity index is 418. The molecule has 118 valence electrons. The molecule has 0 aliphatic carbocycles. The molecule has 3 heteroatoms. The van der Waals surface area contributed by atoms with Gasteiger partial charge in [-0.15, -0.1) is 0 Å². The van der Waals surface area contributed by atoms with Gasteiger partial charge in [0.1, 0.15) is 5.82 Å². The minimum Gasteiger partial charge on any atom is -0.378 e. The van der Waals surface area contributed by atoms with Gasteiger partial charge in [0.25, 0.3) is 0 Å². The maximum Gasteiger partial charge on any atom is 0.123 e. The first kappa shape index (κ1) is 16.4. The van der Waals surface area contributed by atoms with Crippen molar-refractivity contribution in [3.8, 4) is 0 Å². The van der Waals surface area contributed by atoms with Gasteiger partial charge in [-0.05, 0) is 76.6 Å². The van der Waals surface area contributed by atoms with Crippen LogP contribution in [-0.2, 0) is 11.2 Å². The molecule has 0 aromatic heterocycles. The average molecular weight is 293 g/mol. The molecule has 1 aliphatic rings. The van der Waals surface area contributed by atoms with Crippen LogP contribution in [0.1, 0.15) is 45.6 Å². The molecule has 0 radical (unpaired) electrons. The molecule has 2 atom stereocenters. The summed E-state index contributed by atoms with van der Waals surface area (Å²) in [5.74, 6) is 0.361. The molecule has 2 rings (SSSR count). The molecule has 1 heterocycles. The number of hydrogen-bond acceptors (Lipinski definition) is 2. The number of halogens is 1. The summed E-state index contributed by atoms with van der Waals surface area (Å²) < 4.78 is 18.8. The Kier molecular flexibility index (Phi) is 5.77. The van der Waals surface area contributed by atoms with E-state index in [1.165, 1.54) is 18.4 Å². The molecule has 0 saturated carbocycles. The van der Waals surface area contributed by atoms with E-state index in [4.69, 9.17) is 4.74 Å². The van der Waals surface area contributed by atoms with E-state index in [-0.39, 0.29) is 11.4 Å². The Morgan fingerprint density at radius 2 is 2.00 bits per heavy atom. The van der Waals surface area contributed by atoms with Crippen LogP contribution in [-0.4, -0.2) is 24.8 Å². The third-order valence-electron chi connectivity index (χ3n) is 3.98. The molecule has 2 unspecified atom stereocenters. The van der Waals surface area contributed by atoms with Gasteiger partial charge in [0, 0.05) is 12.1 Å². The lowest BCUT2D eigenvalue weighted by Gasteiger charge is -2.27. The SMILES string of the molecule is CC(C)(C)NCC(Cc1ccc(F)cc1)CC1CCCO1. The smallest absolute Gasteiger partial charge is 0.123 e. The fraction of sp³-hybridized carbons (Fsp3) is 0.667. The second-order valence-corrected chi connectivity index (χ2v) is 7.20. The van der Waals surface area contributed by atoms with Crippen molar-refractivity contribution in [1.29, 1.82) is 0 Å². The summed E-state index contributed by atoms with van der Waals surface area (Å²) in [6.07, 6.45) is 4.82. The van der Waals surface area contributed by atoms with Crippen LogP contribution >= 0.6 is 0 Å². The molecule has 21 heavy (non-hydrogen) atoms. The van der Waals surface area contributed by atoms with E-state index < -0.39 is 0 Å². The highest BCUT2D eigenvalue weighted by Gasteiger charge is 2.22. The Morgan fingerprint density at radius 1 is 1.29 bits per heavy atom. The minimum atomic E-state index is -0.165. The van der Waals surface area contributed by atoms with Gasteiger partial charge in [-0.3, -0.25) is 0 Å². The van der Waals surface area contributed by atoms with Crippen molar-refractivity contribution in [3.05, 3.63) is 35.6 Å². The summed E-state index contributed by atoms with van der Waals surface area (Å²) in [7, 11) is 0. The molecular weight excluding hydrogens is 265 g/mol. The first-order valence-electron chi connectivity index (χ1n) is 8.03. The third kappa shape index (κ3) is 6.15. The predicted molar refractivity (Wildman–Crippen MR) is 84.9 cm³/mol. The third-order valence-corrected chi connectivity index (χ3v) is 3.98. The maximum atomic E-state index is 13.0. The van der Waals surface area contributed by atoms with Gasteiger partial charge in [-0.2, -0.15) is 0 Å². The molecule has 2 nitrogen and oxygen atoms in total. The minimum absolute atomic E-state index is 0.123. The van der Waals surface area contributed by atoms with Crippen molar-refractivity contribution in [3.63, 3.8) is 0 Å². The number of rotatable bonds is 6. The lowest BCUT2D eigenvalue weighted by Crippen LogP contribution is -2.40. The summed E-state index contributed by atoms with van der Waals surface area (Å²) in [6.45, 7) is 8.44. The Morgan fingerprint density at radius 3 is 2.57 bits per heavy atom. The van der Waals surface area contributed by atoms with Gasteiger partial charge in [0.05, 0.1) is 6.10 Å². The summed E-state index contributed by atoms with van der Waals surface area (Å²) in [5, 5.41) is 3.60. The Labute approximate surface area is 128 Å². The van der Waals surface area contributed by atoms with Gasteiger partial charge in [0.2, 0.25) is 0 Å². The normalized spacial score (nSPS) is 20.7. The second-order valence-electron chi connectivity index (χ2n) is 7.20. The van der Waals surface area contributed by atoms with E-state index in [1.807, 2.05) is 12.1 Å². The van der Waals surface area contributed by atoms with Crippen LogP contribution in [0.15, 0.2) is 24.3 Å². The molecule has 1 aromatic rings. The summed E-state index contributed by atoms with van der Waals surface area (Å²) in [5.41, 5.74) is 1.33. The molecule has 0 spiro atoms. The average Bonchev–Trinajstić information content (AvgIpc) is 2.91. The molecule has 1 aromatic carbocycles. The topological polar surface area (TPSA) is 21.3 Å². The van der Waals surface area contributed by atoms with E-state index in [0.717, 1.165) is 26.0 Å². The Hall–Kier alpha value is -0.930. The first-order valence-corrected chi connectivity index (χ1v) is 8.03. The van der Waals surface area contributed by atoms with Crippen LogP contribution in [0.5, 0.6) is 0 Å². The zero-order chi connectivity index (χ0) is 15.3. The predicted octanol–water partition coefficient (Wildman–Crippen LogP) is 3.94. The monoisotopic (exact) mass is 293 g/mol. The van der Waals surface area contributed by atoms with Crippen molar-refractivity contribution in [2.75, 3.05) is 13.2 Å². The van der Waals surface area contributed by atoms with Crippen molar-refractivity contribution in [1.82, 2.24) is 5.32 Å². The van der Waals surface area contributed by atoms with Crippen molar-refractivity contribution in [2.24, 2.45) is 5.92 Å². The number of hydrogen-bond donors (Lipinski definition) is 1. The van der Waals surface area contributed by atoms with Crippen LogP contribution < -0.4 is 5.32 Å². The Balaban J connectivity index is 1.94.